The fourth-order valence-electron chi connectivity index (χ4n) is 4.84. The molecule has 1 aromatic heterocycles. The molecule has 3 heterocycles. The van der Waals surface area contributed by atoms with Gasteiger partial charge in [0, 0.05) is 29.5 Å². The van der Waals surface area contributed by atoms with Crippen LogP contribution in [0.4, 0.5) is 16.6 Å². The van der Waals surface area contributed by atoms with Gasteiger partial charge in [0.15, 0.2) is 0 Å². The van der Waals surface area contributed by atoms with Gasteiger partial charge in [-0.25, -0.2) is 9.78 Å². The summed E-state index contributed by atoms with van der Waals surface area (Å²) in [6, 6.07) is 8.16. The molecule has 37 heavy (non-hydrogen) atoms. The molecule has 0 spiro atoms. The number of hydrogen-bond acceptors (Lipinski definition) is 8. The Balaban J connectivity index is 1.07. The van der Waals surface area contributed by atoms with Crippen molar-refractivity contribution in [3.8, 4) is 16.9 Å². The van der Waals surface area contributed by atoms with Crippen molar-refractivity contribution in [2.75, 3.05) is 30.4 Å². The fourth-order valence-corrected chi connectivity index (χ4v) is 6.39. The summed E-state index contributed by atoms with van der Waals surface area (Å²) >= 11 is 1.91. The zero-order valence-electron chi connectivity index (χ0n) is 21.3. The van der Waals surface area contributed by atoms with E-state index in [2.05, 4.69) is 25.9 Å². The molecule has 0 radical (unpaired) electrons. The second-order valence-corrected chi connectivity index (χ2v) is 10.7. The van der Waals surface area contributed by atoms with E-state index in [4.69, 9.17) is 16.2 Å². The molecule has 0 saturated carbocycles. The van der Waals surface area contributed by atoms with Crippen LogP contribution in [0.1, 0.15) is 51.1 Å². The van der Waals surface area contributed by atoms with Crippen LogP contribution in [-0.4, -0.2) is 58.1 Å². The van der Waals surface area contributed by atoms with Crippen molar-refractivity contribution < 1.29 is 14.3 Å². The smallest absolute Gasteiger partial charge is 0.315 e. The highest BCUT2D eigenvalue weighted by Gasteiger charge is 2.42. The van der Waals surface area contributed by atoms with E-state index in [1.165, 1.54) is 0 Å². The molecule has 7 N–H and O–H groups in total. The number of thioether (sulfide) groups is 1. The molecule has 2 saturated heterocycles. The maximum absolute atomic E-state index is 12.1. The summed E-state index contributed by atoms with van der Waals surface area (Å²) in [7, 11) is 0. The van der Waals surface area contributed by atoms with Crippen molar-refractivity contribution >= 4 is 35.5 Å². The van der Waals surface area contributed by atoms with Crippen LogP contribution in [-0.2, 0) is 11.2 Å². The summed E-state index contributed by atoms with van der Waals surface area (Å²) in [5.41, 5.74) is 14.4. The van der Waals surface area contributed by atoms with Crippen LogP contribution >= 0.6 is 11.8 Å². The normalized spacial score (nSPS) is 20.2. The van der Waals surface area contributed by atoms with Gasteiger partial charge in [-0.05, 0) is 49.8 Å². The minimum Gasteiger partial charge on any atom is -0.494 e. The second-order valence-electron chi connectivity index (χ2n) is 9.44. The van der Waals surface area contributed by atoms with Crippen molar-refractivity contribution in [3.05, 3.63) is 30.0 Å². The largest absolute Gasteiger partial charge is 0.494 e. The van der Waals surface area contributed by atoms with Gasteiger partial charge in [0.1, 0.15) is 11.6 Å². The number of carbonyl (C=O) groups is 2. The fraction of sp³-hybridized carbons (Fsp3) is 0.538. The number of nitrogens with two attached hydrogens (primary N) is 2. The minimum absolute atomic E-state index is 0.0518. The lowest BCUT2D eigenvalue weighted by molar-refractivity contribution is -0.121. The highest BCUT2D eigenvalue weighted by atomic mass is 32.2. The van der Waals surface area contributed by atoms with Crippen molar-refractivity contribution in [1.82, 2.24) is 25.9 Å². The van der Waals surface area contributed by atoms with Gasteiger partial charge in [0.25, 0.3) is 0 Å². The molecule has 200 valence electrons. The third-order valence-corrected chi connectivity index (χ3v) is 8.26. The van der Waals surface area contributed by atoms with Crippen LogP contribution in [0.2, 0.25) is 0 Å². The molecule has 1 aromatic carbocycles. The summed E-state index contributed by atoms with van der Waals surface area (Å²) in [5.74, 6) is 2.41. The number of aryl methyl sites for hydroxylation is 1. The Morgan fingerprint density at radius 2 is 1.95 bits per heavy atom. The Morgan fingerprint density at radius 3 is 2.73 bits per heavy atom. The van der Waals surface area contributed by atoms with E-state index in [-0.39, 0.29) is 30.0 Å². The Kier molecular flexibility index (Phi) is 9.32. The first-order valence-electron chi connectivity index (χ1n) is 13.0. The summed E-state index contributed by atoms with van der Waals surface area (Å²) in [6.07, 6.45) is 5.85. The van der Waals surface area contributed by atoms with Gasteiger partial charge in [-0.1, -0.05) is 25.5 Å². The lowest BCUT2D eigenvalue weighted by atomic mass is 10.0. The van der Waals surface area contributed by atoms with Crippen molar-refractivity contribution in [3.63, 3.8) is 0 Å². The first kappa shape index (κ1) is 26.8. The predicted molar refractivity (Wildman–Crippen MR) is 147 cm³/mol. The quantitative estimate of drug-likeness (QED) is 0.197. The van der Waals surface area contributed by atoms with Gasteiger partial charge in [-0.15, -0.1) is 0 Å². The number of anilines is 2. The molecule has 11 heteroatoms. The molecule has 10 nitrogen and oxygen atoms in total. The van der Waals surface area contributed by atoms with E-state index in [9.17, 15) is 9.59 Å². The van der Waals surface area contributed by atoms with Crippen LogP contribution < -0.4 is 32.2 Å². The van der Waals surface area contributed by atoms with E-state index < -0.39 is 0 Å². The molecule has 2 aliphatic heterocycles. The molecule has 2 aromatic rings. The number of urea groups is 1. The number of nitrogens with zero attached hydrogens (tertiary/aromatic N) is 2. The maximum atomic E-state index is 12.1. The summed E-state index contributed by atoms with van der Waals surface area (Å²) < 4.78 is 5.85. The number of unbranched alkanes of at least 4 members (excludes halogenated alkanes) is 2. The van der Waals surface area contributed by atoms with Gasteiger partial charge in [-0.2, -0.15) is 16.7 Å². The summed E-state index contributed by atoms with van der Waals surface area (Å²) in [6.45, 7) is 3.23. The average molecular weight is 528 g/mol. The molecule has 3 amide bonds. The van der Waals surface area contributed by atoms with Crippen LogP contribution in [0, 0.1) is 0 Å². The first-order chi connectivity index (χ1) is 17.9. The average Bonchev–Trinajstić information content (AvgIpc) is 3.43. The summed E-state index contributed by atoms with van der Waals surface area (Å²) in [4.78, 5) is 32.0. The Labute approximate surface area is 222 Å². The zero-order valence-corrected chi connectivity index (χ0v) is 22.1. The molecule has 0 bridgehead atoms. The van der Waals surface area contributed by atoms with Crippen molar-refractivity contribution in [2.24, 2.45) is 0 Å². The zero-order chi connectivity index (χ0) is 26.2. The van der Waals surface area contributed by atoms with Crippen molar-refractivity contribution in [1.29, 1.82) is 0 Å². The standard InChI is InChI=1S/C26H37N7O3S/c1-2-18-22(24(27)33-25(28)30-18)16-9-11-17(12-10-16)36-14-6-5-13-29-21(34)8-4-3-7-20-23-19(15-37-20)31-26(35)32-23/h9-12,19-20,23H,2-8,13-15H2,1H3,(H,29,34)(H2,31,32,35)(H4,27,28,30,33)/t19-,20-,23-/m1/s1. The summed E-state index contributed by atoms with van der Waals surface area (Å²) in [5, 5.41) is 9.42. The molecule has 2 fully saturated rings. The molecule has 2 aliphatic rings. The number of amides is 3. The SMILES string of the molecule is CCc1nc(N)nc(N)c1-c1ccc(OCCCCNC(=O)CCCC[C@H]2SC[C@H]3NC(=O)N[C@H]32)cc1. The van der Waals surface area contributed by atoms with E-state index in [0.29, 0.717) is 37.1 Å². The lowest BCUT2D eigenvalue weighted by Crippen LogP contribution is -2.36. The molecular formula is C26H37N7O3S. The van der Waals surface area contributed by atoms with Crippen LogP contribution in [0.15, 0.2) is 24.3 Å². The number of aromatic nitrogens is 2. The maximum Gasteiger partial charge on any atom is 0.315 e. The molecular weight excluding hydrogens is 490 g/mol. The van der Waals surface area contributed by atoms with E-state index in [1.807, 2.05) is 43.0 Å². The molecule has 0 unspecified atom stereocenters. The molecule has 4 rings (SSSR count). The monoisotopic (exact) mass is 527 g/mol. The third kappa shape index (κ3) is 7.18. The van der Waals surface area contributed by atoms with Gasteiger partial charge >= 0.3 is 6.03 Å². The second kappa shape index (κ2) is 12.8. The number of rotatable bonds is 13. The Hall–Kier alpha value is -3.21. The molecule has 0 aliphatic carbocycles. The number of benzene rings is 1. The van der Waals surface area contributed by atoms with E-state index in [1.54, 1.807) is 0 Å². The number of nitrogen functional groups attached to an aromatic ring is 2. The van der Waals surface area contributed by atoms with Gasteiger partial charge in [-0.3, -0.25) is 4.79 Å². The van der Waals surface area contributed by atoms with Crippen LogP contribution in [0.5, 0.6) is 5.75 Å². The van der Waals surface area contributed by atoms with Gasteiger partial charge < -0.3 is 32.2 Å². The number of carbonyl (C=O) groups excluding carboxylic acids is 2. The number of ether oxygens (including phenoxy) is 1. The van der Waals surface area contributed by atoms with Gasteiger partial charge in [0.05, 0.1) is 24.4 Å². The Bertz CT molecular complexity index is 1080. The topological polar surface area (TPSA) is 157 Å². The van der Waals surface area contributed by atoms with E-state index in [0.717, 1.165) is 60.4 Å². The number of fused-ring (bicyclic) bond motifs is 1. The van der Waals surface area contributed by atoms with E-state index >= 15 is 0 Å². The highest BCUT2D eigenvalue weighted by molar-refractivity contribution is 8.00. The highest BCUT2D eigenvalue weighted by Crippen LogP contribution is 2.33. The van der Waals surface area contributed by atoms with Crippen LogP contribution in [0.25, 0.3) is 11.1 Å². The number of nitrogens with one attached hydrogen (secondary N) is 3. The number of hydrogen-bond donors (Lipinski definition) is 5. The van der Waals surface area contributed by atoms with Crippen molar-refractivity contribution in [2.45, 2.75) is 69.2 Å². The minimum atomic E-state index is -0.0518. The van der Waals surface area contributed by atoms with Gasteiger partial charge in [0.2, 0.25) is 11.9 Å². The predicted octanol–water partition coefficient (Wildman–Crippen LogP) is 2.87. The lowest BCUT2D eigenvalue weighted by Gasteiger charge is -2.16. The Morgan fingerprint density at radius 1 is 1.14 bits per heavy atom. The molecule has 3 atom stereocenters. The first-order valence-corrected chi connectivity index (χ1v) is 14.1. The third-order valence-electron chi connectivity index (χ3n) is 6.75. The van der Waals surface area contributed by atoms with Crippen LogP contribution in [0.3, 0.4) is 0 Å².